The first-order chi connectivity index (χ1) is 3.25. The summed E-state index contributed by atoms with van der Waals surface area (Å²) in [6.07, 6.45) is 0. The average molecular weight is 669 g/mol. The summed E-state index contributed by atoms with van der Waals surface area (Å²) in [7, 11) is 0. The maximum Gasteiger partial charge on any atom is 2.00 e. The fourth-order valence-corrected chi connectivity index (χ4v) is 0. The molecule has 0 aliphatic carbocycles. The molecule has 0 bridgehead atoms. The summed E-state index contributed by atoms with van der Waals surface area (Å²) >= 11 is 28.2. The molecule has 0 aromatic heterocycles. The Morgan fingerprint density at radius 2 is 0.800 bits per heavy atom. The van der Waals surface area contributed by atoms with Crippen LogP contribution in [0.3, 0.4) is 0 Å². The largest absolute Gasteiger partial charge is 2.00 e. The topological polar surface area (TPSA) is 0 Å². The third-order valence-corrected chi connectivity index (χ3v) is 24.3. The smallest absolute Gasteiger partial charge is 0.768 e. The van der Waals surface area contributed by atoms with E-state index >= 15 is 0 Å². The number of hydrogen-bond acceptors (Lipinski definition) is 6. The molecular formula is P2Pb2S6. The van der Waals surface area contributed by atoms with Crippen molar-refractivity contribution >= 4 is 135 Å². The zero-order chi connectivity index (χ0) is 7.00. The van der Waals surface area contributed by atoms with E-state index in [-0.39, 0.29) is 54.6 Å². The zero-order valence-corrected chi connectivity index (χ0v) is 18.8. The van der Waals surface area contributed by atoms with Crippen LogP contribution in [0.2, 0.25) is 0 Å². The van der Waals surface area contributed by atoms with Crippen molar-refractivity contribution in [3.8, 4) is 0 Å². The number of rotatable bonds is 1. The van der Waals surface area contributed by atoms with E-state index in [4.69, 9.17) is 72.6 Å². The molecular weight excluding hydrogens is 669 g/mol. The fraction of sp³-hybridized carbons (Fsp3) is 0. The van der Waals surface area contributed by atoms with Crippen molar-refractivity contribution in [2.45, 2.75) is 0 Å². The Kier molecular flexibility index (Phi) is 15.6. The standard InChI is InChI=1S/H4P2S6.2Pb/c3-1(4,5)2(6,7)8;;/h(H2,3,4,5)(H2,6,7,8);;/q;2*+2/p-4. The summed E-state index contributed by atoms with van der Waals surface area (Å²) < 4.78 is -4.59. The molecule has 0 fully saturated rings. The Balaban J connectivity index is -0.000000245. The minimum absolute atomic E-state index is 0. The Morgan fingerprint density at radius 1 is 0.700 bits per heavy atom. The van der Waals surface area contributed by atoms with Crippen LogP contribution in [0, 0.1) is 0 Å². The molecule has 54 valence electrons. The quantitative estimate of drug-likeness (QED) is 0.231. The van der Waals surface area contributed by atoms with E-state index in [9.17, 15) is 0 Å². The van der Waals surface area contributed by atoms with E-state index in [1.165, 1.54) is 0 Å². The summed E-state index contributed by atoms with van der Waals surface area (Å²) in [5, 5.41) is 0. The Bertz CT molecular complexity index is 143. The van der Waals surface area contributed by atoms with Gasteiger partial charge in [-0.3, -0.25) is 0 Å². The van der Waals surface area contributed by atoms with Gasteiger partial charge < -0.3 is 57.3 Å². The van der Waals surface area contributed by atoms with Gasteiger partial charge in [0.15, 0.2) is 0 Å². The van der Waals surface area contributed by atoms with Gasteiger partial charge in [0.05, 0.1) is 0 Å². The van der Waals surface area contributed by atoms with E-state index in [0.29, 0.717) is 0 Å². The van der Waals surface area contributed by atoms with Crippen LogP contribution < -0.4 is 0 Å². The third-order valence-electron chi connectivity index (χ3n) is 0.300. The third kappa shape index (κ3) is 9.11. The van der Waals surface area contributed by atoms with Crippen molar-refractivity contribution in [3.63, 3.8) is 0 Å². The molecule has 0 saturated heterocycles. The van der Waals surface area contributed by atoms with E-state index in [0.717, 1.165) is 0 Å². The Hall–Kier alpha value is 4.54. The Morgan fingerprint density at radius 3 is 0.800 bits per heavy atom. The zero-order valence-electron chi connectivity index (χ0n) is 4.34. The van der Waals surface area contributed by atoms with Crippen molar-refractivity contribution in [1.82, 2.24) is 0 Å². The van der Waals surface area contributed by atoms with Crippen LogP contribution in [0.1, 0.15) is 0 Å². The van der Waals surface area contributed by atoms with Crippen LogP contribution in [-0.2, 0) is 72.6 Å². The van der Waals surface area contributed by atoms with Crippen molar-refractivity contribution in [2.75, 3.05) is 0 Å². The van der Waals surface area contributed by atoms with Crippen molar-refractivity contribution in [2.24, 2.45) is 0 Å². The van der Waals surface area contributed by atoms with Gasteiger partial charge in [0.1, 0.15) is 0 Å². The SMILES string of the molecule is S=P([S-])([S-])P(=S)([S-])[S-].[Pb+2].[Pb+2]. The van der Waals surface area contributed by atoms with Crippen LogP contribution in [-0.4, -0.2) is 54.6 Å². The van der Waals surface area contributed by atoms with E-state index in [1.54, 1.807) is 0 Å². The van der Waals surface area contributed by atoms with Crippen molar-refractivity contribution < 1.29 is 0 Å². The molecule has 10 heavy (non-hydrogen) atoms. The molecule has 0 amide bonds. The normalized spacial score (nSPS) is 11.2. The van der Waals surface area contributed by atoms with Crippen LogP contribution in [0.5, 0.6) is 0 Å². The second kappa shape index (κ2) is 7.79. The maximum absolute atomic E-state index is 4.70. The first-order valence-electron chi connectivity index (χ1n) is 1.30. The summed E-state index contributed by atoms with van der Waals surface area (Å²) in [5.41, 5.74) is 0. The predicted octanol–water partition coefficient (Wildman–Crippen LogP) is 0.946. The molecule has 0 rings (SSSR count). The number of hydrogen-bond donors (Lipinski definition) is 0. The maximum atomic E-state index is 4.70. The van der Waals surface area contributed by atoms with E-state index in [2.05, 4.69) is 0 Å². The molecule has 0 spiro atoms. The summed E-state index contributed by atoms with van der Waals surface area (Å²) in [4.78, 5) is 0. The molecule has 10 heteroatoms. The molecule has 0 heterocycles. The molecule has 4 radical (unpaired) electrons. The molecule has 0 saturated carbocycles. The molecule has 0 atom stereocenters. The van der Waals surface area contributed by atoms with Gasteiger partial charge in [-0.05, 0) is 0 Å². The molecule has 0 aromatic rings. The van der Waals surface area contributed by atoms with Gasteiger partial charge >= 0.3 is 54.6 Å². The predicted molar refractivity (Wildman–Crippen MR) is 69.5 cm³/mol. The second-order valence-corrected chi connectivity index (χ2v) is 25.3. The van der Waals surface area contributed by atoms with Gasteiger partial charge in [0.25, 0.3) is 0 Å². The van der Waals surface area contributed by atoms with Gasteiger partial charge in [-0.25, -0.2) is 0 Å². The van der Waals surface area contributed by atoms with Gasteiger partial charge in [-0.1, -0.05) is 0 Å². The second-order valence-electron chi connectivity index (χ2n) is 0.937. The van der Waals surface area contributed by atoms with Gasteiger partial charge in [0, 0.05) is 0 Å². The van der Waals surface area contributed by atoms with Gasteiger partial charge in [-0.15, -0.1) is 23.6 Å². The van der Waals surface area contributed by atoms with Crippen LogP contribution in [0.4, 0.5) is 0 Å². The van der Waals surface area contributed by atoms with Crippen molar-refractivity contribution in [1.29, 1.82) is 0 Å². The first kappa shape index (κ1) is 20.0. The van der Waals surface area contributed by atoms with Crippen LogP contribution in [0.25, 0.3) is 0 Å². The van der Waals surface area contributed by atoms with E-state index < -0.39 is 8.26 Å². The summed E-state index contributed by atoms with van der Waals surface area (Å²) in [5.74, 6) is 0. The van der Waals surface area contributed by atoms with E-state index in [1.807, 2.05) is 0 Å². The summed E-state index contributed by atoms with van der Waals surface area (Å²) in [6, 6.07) is 0. The monoisotopic (exact) mass is 670 g/mol. The average Bonchev–Trinajstić information content (AvgIpc) is 1.25. The van der Waals surface area contributed by atoms with Crippen LogP contribution >= 0.6 is 8.26 Å². The van der Waals surface area contributed by atoms with Crippen molar-refractivity contribution in [3.05, 3.63) is 0 Å². The molecule has 0 aliphatic heterocycles. The van der Waals surface area contributed by atoms with Gasteiger partial charge in [-0.2, -0.15) is 0 Å². The molecule has 0 nitrogen and oxygen atoms in total. The minimum Gasteiger partial charge on any atom is -0.768 e. The minimum atomic E-state index is -2.29. The first-order valence-corrected chi connectivity index (χ1v) is 11.7. The molecule has 0 N–H and O–H groups in total. The molecule has 0 aromatic carbocycles. The Labute approximate surface area is 133 Å². The molecule has 0 aliphatic rings. The summed E-state index contributed by atoms with van der Waals surface area (Å²) in [6.45, 7) is 0. The fourth-order valence-electron chi connectivity index (χ4n) is 0. The van der Waals surface area contributed by atoms with Crippen LogP contribution in [0.15, 0.2) is 0 Å². The van der Waals surface area contributed by atoms with Gasteiger partial charge in [0.2, 0.25) is 0 Å². The molecule has 0 unspecified atom stereocenters.